The van der Waals surface area contributed by atoms with Crippen LogP contribution in [0.4, 0.5) is 0 Å². The molecular weight excluding hydrogens is 294 g/mol. The van der Waals surface area contributed by atoms with Gasteiger partial charge in [0.2, 0.25) is 0 Å². The summed E-state index contributed by atoms with van der Waals surface area (Å²) in [4.78, 5) is 1.42. The highest BCUT2D eigenvalue weighted by molar-refractivity contribution is 9.10. The normalized spacial score (nSPS) is 25.1. The SMILES string of the molecule is CCC1CCC(CNCc2sccc2Br)CC1. The third-order valence-electron chi connectivity index (χ3n) is 3.95. The van der Waals surface area contributed by atoms with Crippen LogP contribution in [0.3, 0.4) is 0 Å². The fourth-order valence-electron chi connectivity index (χ4n) is 2.68. The van der Waals surface area contributed by atoms with Gasteiger partial charge in [0.1, 0.15) is 0 Å². The van der Waals surface area contributed by atoms with E-state index in [0.717, 1.165) is 18.4 Å². The molecule has 1 fully saturated rings. The third-order valence-corrected chi connectivity index (χ3v) is 5.88. The summed E-state index contributed by atoms with van der Waals surface area (Å²) < 4.78 is 1.25. The molecular formula is C14H22BrNS. The van der Waals surface area contributed by atoms with Crippen molar-refractivity contribution in [3.05, 3.63) is 20.8 Å². The van der Waals surface area contributed by atoms with Crippen LogP contribution in [0.5, 0.6) is 0 Å². The minimum Gasteiger partial charge on any atom is -0.312 e. The van der Waals surface area contributed by atoms with E-state index in [2.05, 4.69) is 39.6 Å². The van der Waals surface area contributed by atoms with E-state index in [1.54, 1.807) is 0 Å². The molecule has 0 atom stereocenters. The van der Waals surface area contributed by atoms with E-state index in [9.17, 15) is 0 Å². The van der Waals surface area contributed by atoms with E-state index in [1.165, 1.54) is 48.0 Å². The van der Waals surface area contributed by atoms with Crippen molar-refractivity contribution in [1.29, 1.82) is 0 Å². The number of thiophene rings is 1. The van der Waals surface area contributed by atoms with Gasteiger partial charge in [0.25, 0.3) is 0 Å². The van der Waals surface area contributed by atoms with Crippen molar-refractivity contribution in [3.8, 4) is 0 Å². The van der Waals surface area contributed by atoms with Crippen molar-refractivity contribution < 1.29 is 0 Å². The lowest BCUT2D eigenvalue weighted by atomic mass is 9.81. The van der Waals surface area contributed by atoms with Gasteiger partial charge in [-0.05, 0) is 58.6 Å². The molecule has 17 heavy (non-hydrogen) atoms. The molecule has 1 aromatic heterocycles. The lowest BCUT2D eigenvalue weighted by molar-refractivity contribution is 0.262. The first-order valence-corrected chi connectivity index (χ1v) is 8.39. The van der Waals surface area contributed by atoms with E-state index in [1.807, 2.05) is 11.3 Å². The Bertz CT molecular complexity index is 329. The Balaban J connectivity index is 1.65. The van der Waals surface area contributed by atoms with Gasteiger partial charge in [-0.25, -0.2) is 0 Å². The van der Waals surface area contributed by atoms with Crippen molar-refractivity contribution in [2.24, 2.45) is 11.8 Å². The van der Waals surface area contributed by atoms with Crippen LogP contribution in [0.1, 0.15) is 43.9 Å². The zero-order valence-electron chi connectivity index (χ0n) is 10.5. The van der Waals surface area contributed by atoms with Crippen LogP contribution in [0.15, 0.2) is 15.9 Å². The zero-order valence-corrected chi connectivity index (χ0v) is 12.9. The first-order valence-electron chi connectivity index (χ1n) is 6.72. The lowest BCUT2D eigenvalue weighted by Gasteiger charge is -2.27. The number of nitrogens with one attached hydrogen (secondary N) is 1. The molecule has 0 amide bonds. The molecule has 1 aromatic rings. The summed E-state index contributed by atoms with van der Waals surface area (Å²) in [5, 5.41) is 5.76. The van der Waals surface area contributed by atoms with Crippen LogP contribution in [0.2, 0.25) is 0 Å². The predicted molar refractivity (Wildman–Crippen MR) is 79.5 cm³/mol. The van der Waals surface area contributed by atoms with E-state index >= 15 is 0 Å². The van der Waals surface area contributed by atoms with Crippen LogP contribution >= 0.6 is 27.3 Å². The second-order valence-corrected chi connectivity index (χ2v) is 6.97. The Morgan fingerprint density at radius 3 is 2.59 bits per heavy atom. The fourth-order valence-corrected chi connectivity index (χ4v) is 4.15. The molecule has 1 N–H and O–H groups in total. The van der Waals surface area contributed by atoms with Gasteiger partial charge in [0.05, 0.1) is 0 Å². The van der Waals surface area contributed by atoms with E-state index in [0.29, 0.717) is 0 Å². The van der Waals surface area contributed by atoms with Crippen LogP contribution in [0, 0.1) is 11.8 Å². The smallest absolute Gasteiger partial charge is 0.0327 e. The van der Waals surface area contributed by atoms with Crippen LogP contribution in [0.25, 0.3) is 0 Å². The largest absolute Gasteiger partial charge is 0.312 e. The standard InChI is InChI=1S/C14H22BrNS/c1-2-11-3-5-12(6-4-11)9-16-10-14-13(15)7-8-17-14/h7-8,11-12,16H,2-6,9-10H2,1H3. The molecule has 1 saturated carbocycles. The highest BCUT2D eigenvalue weighted by Crippen LogP contribution is 2.30. The molecule has 2 rings (SSSR count). The number of hydrogen-bond donors (Lipinski definition) is 1. The van der Waals surface area contributed by atoms with Gasteiger partial charge in [-0.1, -0.05) is 26.2 Å². The maximum Gasteiger partial charge on any atom is 0.0327 e. The summed E-state index contributed by atoms with van der Waals surface area (Å²) in [7, 11) is 0. The molecule has 0 aliphatic heterocycles. The molecule has 0 aromatic carbocycles. The third kappa shape index (κ3) is 4.08. The summed E-state index contributed by atoms with van der Waals surface area (Å²) in [6.07, 6.45) is 7.13. The van der Waals surface area contributed by atoms with Gasteiger partial charge >= 0.3 is 0 Å². The van der Waals surface area contributed by atoms with E-state index < -0.39 is 0 Å². The summed E-state index contributed by atoms with van der Waals surface area (Å²) in [6.45, 7) is 4.55. The molecule has 0 bridgehead atoms. The highest BCUT2D eigenvalue weighted by Gasteiger charge is 2.19. The summed E-state index contributed by atoms with van der Waals surface area (Å²) in [5.41, 5.74) is 0. The van der Waals surface area contributed by atoms with Gasteiger partial charge in [-0.15, -0.1) is 11.3 Å². The second kappa shape index (κ2) is 6.91. The van der Waals surface area contributed by atoms with Crippen molar-refractivity contribution in [2.45, 2.75) is 45.6 Å². The first-order chi connectivity index (χ1) is 8.29. The van der Waals surface area contributed by atoms with Crippen molar-refractivity contribution >= 4 is 27.3 Å². The Hall–Kier alpha value is 0.140. The number of rotatable bonds is 5. The summed E-state index contributed by atoms with van der Waals surface area (Å²) in [5.74, 6) is 1.93. The lowest BCUT2D eigenvalue weighted by Crippen LogP contribution is -2.26. The van der Waals surface area contributed by atoms with Crippen LogP contribution in [-0.2, 0) is 6.54 Å². The van der Waals surface area contributed by atoms with Crippen molar-refractivity contribution in [2.75, 3.05) is 6.54 Å². The van der Waals surface area contributed by atoms with Crippen molar-refractivity contribution in [1.82, 2.24) is 5.32 Å². The quantitative estimate of drug-likeness (QED) is 0.821. The Morgan fingerprint density at radius 2 is 2.00 bits per heavy atom. The highest BCUT2D eigenvalue weighted by atomic mass is 79.9. The Labute approximate surface area is 117 Å². The molecule has 0 unspecified atom stereocenters. The molecule has 96 valence electrons. The molecule has 0 radical (unpaired) electrons. The predicted octanol–water partition coefficient (Wildman–Crippen LogP) is 4.82. The minimum atomic E-state index is 0.913. The monoisotopic (exact) mass is 315 g/mol. The number of halogens is 1. The number of hydrogen-bond acceptors (Lipinski definition) is 2. The van der Waals surface area contributed by atoms with E-state index in [4.69, 9.17) is 0 Å². The summed E-state index contributed by atoms with van der Waals surface area (Å²) >= 11 is 5.41. The molecule has 1 aliphatic rings. The molecule has 0 saturated heterocycles. The first kappa shape index (κ1) is 13.6. The fraction of sp³-hybridized carbons (Fsp3) is 0.714. The Kier molecular flexibility index (Phi) is 5.51. The van der Waals surface area contributed by atoms with Gasteiger partial charge in [0, 0.05) is 15.9 Å². The molecule has 1 aliphatic carbocycles. The maximum absolute atomic E-state index is 3.61. The maximum atomic E-state index is 3.61. The second-order valence-electron chi connectivity index (χ2n) is 5.12. The minimum absolute atomic E-state index is 0.913. The van der Waals surface area contributed by atoms with Crippen molar-refractivity contribution in [3.63, 3.8) is 0 Å². The topological polar surface area (TPSA) is 12.0 Å². The van der Waals surface area contributed by atoms with Gasteiger partial charge in [0.15, 0.2) is 0 Å². The van der Waals surface area contributed by atoms with Gasteiger partial charge in [-0.3, -0.25) is 0 Å². The Morgan fingerprint density at radius 1 is 1.29 bits per heavy atom. The van der Waals surface area contributed by atoms with Gasteiger partial charge < -0.3 is 5.32 Å². The molecule has 1 heterocycles. The van der Waals surface area contributed by atoms with E-state index in [-0.39, 0.29) is 0 Å². The summed E-state index contributed by atoms with van der Waals surface area (Å²) in [6, 6.07) is 2.13. The van der Waals surface area contributed by atoms with Crippen LogP contribution < -0.4 is 5.32 Å². The average Bonchev–Trinajstić information content (AvgIpc) is 2.76. The van der Waals surface area contributed by atoms with Crippen LogP contribution in [-0.4, -0.2) is 6.54 Å². The van der Waals surface area contributed by atoms with Gasteiger partial charge in [-0.2, -0.15) is 0 Å². The molecule has 3 heteroatoms. The zero-order chi connectivity index (χ0) is 12.1. The average molecular weight is 316 g/mol. The molecule has 1 nitrogen and oxygen atoms in total. The molecule has 0 spiro atoms.